The van der Waals surface area contributed by atoms with Crippen molar-refractivity contribution in [1.29, 1.82) is 0 Å². The zero-order chi connectivity index (χ0) is 16.0. The van der Waals surface area contributed by atoms with E-state index in [9.17, 15) is 8.42 Å². The Morgan fingerprint density at radius 2 is 1.52 bits per heavy atom. The first-order valence-electron chi connectivity index (χ1n) is 7.71. The second-order valence-corrected chi connectivity index (χ2v) is 6.97. The summed E-state index contributed by atoms with van der Waals surface area (Å²) in [6.07, 6.45) is 10.3. The van der Waals surface area contributed by atoms with Crippen LogP contribution in [0, 0.1) is 0 Å². The van der Waals surface area contributed by atoms with E-state index < -0.39 is 10.4 Å². The van der Waals surface area contributed by atoms with Gasteiger partial charge in [-0.25, -0.2) is 0 Å². The van der Waals surface area contributed by atoms with Gasteiger partial charge in [-0.2, -0.15) is 8.42 Å². The summed E-state index contributed by atoms with van der Waals surface area (Å²) in [5.74, 6) is 0.0926. The normalized spacial score (nSPS) is 10.7. The monoisotopic (exact) mass is 324 g/mol. The van der Waals surface area contributed by atoms with Crippen LogP contribution in [0.2, 0.25) is 3.67 Å². The van der Waals surface area contributed by atoms with E-state index in [0.29, 0.717) is 0 Å². The van der Waals surface area contributed by atoms with Crippen LogP contribution in [0.25, 0.3) is 0 Å². The van der Waals surface area contributed by atoms with E-state index in [-0.39, 0.29) is 5.75 Å². The average molecular weight is 324 g/mol. The van der Waals surface area contributed by atoms with Gasteiger partial charge in [-0.05, 0) is 12.1 Å². The van der Waals surface area contributed by atoms with E-state index in [1.54, 1.807) is 18.2 Å². The third-order valence-electron chi connectivity index (χ3n) is 2.90. The summed E-state index contributed by atoms with van der Waals surface area (Å²) < 4.78 is 34.1. The molecule has 1 aromatic carbocycles. The van der Waals surface area contributed by atoms with E-state index in [1.807, 2.05) is 0 Å². The Hall–Kier alpha value is -0.0700. The number of hydrogen-bond donors (Lipinski definition) is 1. The zero-order valence-corrected chi connectivity index (χ0v) is 15.9. The van der Waals surface area contributed by atoms with Crippen molar-refractivity contribution in [1.82, 2.24) is 0 Å². The Bertz CT molecular complexity index is 426. The summed E-state index contributed by atoms with van der Waals surface area (Å²) in [5, 5.41) is 0. The van der Waals surface area contributed by atoms with Gasteiger partial charge in [0.05, 0.1) is 0 Å². The Morgan fingerprint density at radius 1 is 1.00 bits per heavy atom. The van der Waals surface area contributed by atoms with Crippen LogP contribution in [-0.4, -0.2) is 40.9 Å². The molecule has 1 rings (SSSR count). The summed E-state index contributed by atoms with van der Waals surface area (Å²) in [5.41, 5.74) is 0. The van der Waals surface area contributed by atoms with Gasteiger partial charge in [-0.1, -0.05) is 18.2 Å². The van der Waals surface area contributed by atoms with E-state index in [4.69, 9.17) is 4.55 Å². The predicted molar refractivity (Wildman–Crippen MR) is 87.2 cm³/mol. The molecule has 0 aliphatic carbocycles. The van der Waals surface area contributed by atoms with Crippen LogP contribution in [0.15, 0.2) is 30.3 Å². The molecule has 0 fully saturated rings. The van der Waals surface area contributed by atoms with Gasteiger partial charge in [0.2, 0.25) is 0 Å². The molecule has 0 aromatic heterocycles. The summed E-state index contributed by atoms with van der Waals surface area (Å²) in [7, 11) is -4.38. The summed E-state index contributed by atoms with van der Waals surface area (Å²) in [6, 6.07) is 7.75. The second kappa shape index (κ2) is 13.6. The standard InChI is InChI=1S/C9H19.C6H6O4S.Na/c1-3-5-7-9-8-6-4-2;7-11(8,9)10-6-4-2-1-3-5-6;/h1,3-9H2,2H3;1-5H,(H,7,8,9);. The molecule has 0 aliphatic heterocycles. The topological polar surface area (TPSA) is 63.6 Å². The molecule has 6 heteroatoms. The van der Waals surface area contributed by atoms with Crippen LogP contribution in [-0.2, 0) is 10.4 Å². The van der Waals surface area contributed by atoms with Crippen LogP contribution < -0.4 is 4.18 Å². The predicted octanol–water partition coefficient (Wildman–Crippen LogP) is 4.19. The minimum atomic E-state index is -4.38. The molecule has 0 bridgehead atoms. The van der Waals surface area contributed by atoms with Crippen molar-refractivity contribution >= 4 is 38.3 Å². The van der Waals surface area contributed by atoms with Crippen molar-refractivity contribution in [3.63, 3.8) is 0 Å². The van der Waals surface area contributed by atoms with Crippen LogP contribution in [0.1, 0.15) is 51.9 Å². The molecule has 1 aromatic rings. The van der Waals surface area contributed by atoms with Gasteiger partial charge in [0.15, 0.2) is 0 Å². The van der Waals surface area contributed by atoms with Gasteiger partial charge in [-0.3, -0.25) is 4.55 Å². The minimum Gasteiger partial charge on any atom is -0.362 e. The SMILES string of the molecule is CCCCCCCC[CH2][Na].O=S(=O)(O)Oc1ccccc1. The summed E-state index contributed by atoms with van der Waals surface area (Å²) in [4.78, 5) is 0. The van der Waals surface area contributed by atoms with E-state index in [1.165, 1.54) is 88.7 Å². The molecular formula is C15H25NaO4S. The van der Waals surface area contributed by atoms with Gasteiger partial charge < -0.3 is 4.18 Å². The number of unbranched alkanes of at least 4 members (excludes halogenated alkanes) is 6. The maximum atomic E-state index is 10.1. The minimum absolute atomic E-state index is 0.0926. The maximum absolute atomic E-state index is 10.1. The quantitative estimate of drug-likeness (QED) is 0.420. The molecule has 0 aliphatic rings. The van der Waals surface area contributed by atoms with E-state index in [2.05, 4.69) is 11.1 Å². The molecule has 0 atom stereocenters. The fourth-order valence-electron chi connectivity index (χ4n) is 1.80. The maximum Gasteiger partial charge on any atom is 0.446 e. The van der Waals surface area contributed by atoms with Crippen molar-refractivity contribution in [3.05, 3.63) is 30.3 Å². The molecule has 1 N–H and O–H groups in total. The van der Waals surface area contributed by atoms with Crippen molar-refractivity contribution in [2.75, 3.05) is 0 Å². The molecule has 4 nitrogen and oxygen atoms in total. The van der Waals surface area contributed by atoms with Crippen molar-refractivity contribution < 1.29 is 17.2 Å². The van der Waals surface area contributed by atoms with Gasteiger partial charge in [0.1, 0.15) is 5.75 Å². The zero-order valence-electron chi connectivity index (χ0n) is 13.1. The molecule has 21 heavy (non-hydrogen) atoms. The van der Waals surface area contributed by atoms with Crippen molar-refractivity contribution in [3.8, 4) is 5.75 Å². The van der Waals surface area contributed by atoms with Crippen LogP contribution >= 0.6 is 0 Å². The summed E-state index contributed by atoms with van der Waals surface area (Å²) >= 11 is 1.41. The molecule has 0 spiro atoms. The number of para-hydroxylation sites is 1. The third kappa shape index (κ3) is 16.1. The molecule has 0 saturated carbocycles. The molecule has 0 heterocycles. The van der Waals surface area contributed by atoms with Crippen LogP contribution in [0.5, 0.6) is 5.75 Å². The van der Waals surface area contributed by atoms with Gasteiger partial charge in [0, 0.05) is 0 Å². The molecule has 0 unspecified atom stereocenters. The largest absolute Gasteiger partial charge is 0.446 e. The van der Waals surface area contributed by atoms with Gasteiger partial charge in [0.25, 0.3) is 0 Å². The average Bonchev–Trinajstić information content (AvgIpc) is 2.43. The molecule has 0 amide bonds. The Labute approximate surface area is 146 Å². The first kappa shape index (κ1) is 20.9. The smallest absolute Gasteiger partial charge is 0.362 e. The van der Waals surface area contributed by atoms with Crippen molar-refractivity contribution in [2.24, 2.45) is 0 Å². The Kier molecular flexibility index (Phi) is 13.5. The first-order chi connectivity index (χ1) is 9.99. The van der Waals surface area contributed by atoms with Crippen LogP contribution in [0.4, 0.5) is 0 Å². The molecular weight excluding hydrogens is 299 g/mol. The fraction of sp³-hybridized carbons (Fsp3) is 0.600. The Balaban J connectivity index is 0.000000384. The van der Waals surface area contributed by atoms with Crippen molar-refractivity contribution in [2.45, 2.75) is 55.5 Å². The van der Waals surface area contributed by atoms with Gasteiger partial charge >= 0.3 is 93.9 Å². The number of benzene rings is 1. The number of hydrogen-bond acceptors (Lipinski definition) is 3. The van der Waals surface area contributed by atoms with Gasteiger partial charge in [-0.15, -0.1) is 0 Å². The molecule has 0 radical (unpaired) electrons. The summed E-state index contributed by atoms with van der Waals surface area (Å²) in [6.45, 7) is 2.28. The fourth-order valence-corrected chi connectivity index (χ4v) is 2.66. The third-order valence-corrected chi connectivity index (χ3v) is 4.01. The second-order valence-electron chi connectivity index (χ2n) is 4.95. The Morgan fingerprint density at radius 3 is 2.00 bits per heavy atom. The first-order valence-corrected chi connectivity index (χ1v) is 10.5. The number of rotatable bonds is 9. The van der Waals surface area contributed by atoms with Crippen LogP contribution in [0.3, 0.4) is 0 Å². The van der Waals surface area contributed by atoms with E-state index >= 15 is 0 Å². The molecule has 0 saturated heterocycles. The van der Waals surface area contributed by atoms with E-state index in [0.717, 1.165) is 0 Å². The molecule has 116 valence electrons.